The van der Waals surface area contributed by atoms with Crippen LogP contribution < -0.4 is 15.7 Å². The lowest BCUT2D eigenvalue weighted by atomic mass is 9.91. The van der Waals surface area contributed by atoms with Crippen molar-refractivity contribution in [2.45, 2.75) is 45.6 Å². The van der Waals surface area contributed by atoms with Crippen molar-refractivity contribution < 1.29 is 18.4 Å². The summed E-state index contributed by atoms with van der Waals surface area (Å²) in [7, 11) is 1.66. The number of carbonyl (C=O) groups is 1. The molecule has 5 aromatic rings. The number of aromatic nitrogens is 1. The van der Waals surface area contributed by atoms with Crippen molar-refractivity contribution in [3.8, 4) is 5.75 Å². The molecule has 0 radical (unpaired) electrons. The lowest BCUT2D eigenvalue weighted by molar-refractivity contribution is -0.121. The molecule has 1 amide bonds. The van der Waals surface area contributed by atoms with Crippen molar-refractivity contribution in [3.05, 3.63) is 75.0 Å². The number of rotatable bonds is 4. The molecule has 1 aliphatic rings. The van der Waals surface area contributed by atoms with Gasteiger partial charge in [0.2, 0.25) is 5.91 Å². The molecule has 178 valence electrons. The minimum atomic E-state index is -0.491. The van der Waals surface area contributed by atoms with Gasteiger partial charge in [-0.05, 0) is 74.1 Å². The van der Waals surface area contributed by atoms with Crippen LogP contribution >= 0.6 is 0 Å². The van der Waals surface area contributed by atoms with Gasteiger partial charge in [-0.15, -0.1) is 0 Å². The summed E-state index contributed by atoms with van der Waals surface area (Å²) < 4.78 is 16.5. The van der Waals surface area contributed by atoms with Crippen molar-refractivity contribution >= 4 is 38.7 Å². The molecule has 2 N–H and O–H groups in total. The topological polar surface area (TPSA) is 97.5 Å². The lowest BCUT2D eigenvalue weighted by Crippen LogP contribution is -2.33. The molecule has 0 unspecified atom stereocenters. The quantitative estimate of drug-likeness (QED) is 0.344. The third-order valence-electron chi connectivity index (χ3n) is 7.26. The number of carbonyl (C=O) groups excluding carboxylic acids is 1. The van der Waals surface area contributed by atoms with Gasteiger partial charge in [0.25, 0.3) is 0 Å². The zero-order chi connectivity index (χ0) is 24.3. The van der Waals surface area contributed by atoms with E-state index in [1.807, 2.05) is 38.1 Å². The molecule has 2 aromatic carbocycles. The van der Waals surface area contributed by atoms with Gasteiger partial charge in [0.05, 0.1) is 31.4 Å². The van der Waals surface area contributed by atoms with Crippen LogP contribution in [0.2, 0.25) is 0 Å². The van der Waals surface area contributed by atoms with Crippen LogP contribution in [0.3, 0.4) is 0 Å². The Hall–Kier alpha value is -4.00. The molecule has 3 aromatic heterocycles. The third-order valence-corrected chi connectivity index (χ3v) is 7.26. The number of benzene rings is 2. The standard InChI is InChI=1S/C28H26N2O5/c1-14-13-34-24-12-25-19(10-18(14)24)15(2)20(28(32)35-25)11-26(31)29-23-6-4-5-17-21-9-16(33-3)7-8-22(21)30-27(17)23/h7-10,12-13,23,30H,4-6,11H2,1-3H3,(H,29,31)/t23-/m1/s1. The predicted octanol–water partition coefficient (Wildman–Crippen LogP) is 5.38. The van der Waals surface area contributed by atoms with Crippen molar-refractivity contribution in [2.24, 2.45) is 0 Å². The van der Waals surface area contributed by atoms with E-state index in [1.54, 1.807) is 19.4 Å². The number of amides is 1. The molecular weight excluding hydrogens is 444 g/mol. The van der Waals surface area contributed by atoms with Crippen LogP contribution in [0.1, 0.15) is 46.8 Å². The molecule has 1 atom stereocenters. The lowest BCUT2D eigenvalue weighted by Gasteiger charge is -2.24. The van der Waals surface area contributed by atoms with Crippen LogP contribution in [0.15, 0.2) is 50.2 Å². The molecule has 0 spiro atoms. The average molecular weight is 471 g/mol. The van der Waals surface area contributed by atoms with E-state index in [0.29, 0.717) is 16.7 Å². The zero-order valence-corrected chi connectivity index (χ0v) is 19.9. The minimum absolute atomic E-state index is 0.0353. The second kappa shape index (κ2) is 8.05. The number of ether oxygens (including phenoxy) is 1. The van der Waals surface area contributed by atoms with E-state index in [0.717, 1.165) is 63.5 Å². The van der Waals surface area contributed by atoms with Crippen LogP contribution in [0.25, 0.3) is 32.8 Å². The molecule has 6 rings (SSSR count). The second-order valence-electron chi connectivity index (χ2n) is 9.37. The maximum atomic E-state index is 13.1. The number of aryl methyl sites for hydroxylation is 3. The Balaban J connectivity index is 1.31. The van der Waals surface area contributed by atoms with Gasteiger partial charge in [0, 0.05) is 33.4 Å². The molecule has 0 saturated carbocycles. The molecule has 0 fully saturated rings. The first-order chi connectivity index (χ1) is 16.9. The fourth-order valence-corrected chi connectivity index (χ4v) is 5.36. The largest absolute Gasteiger partial charge is 0.497 e. The molecular formula is C28H26N2O5. The van der Waals surface area contributed by atoms with E-state index in [2.05, 4.69) is 10.3 Å². The summed E-state index contributed by atoms with van der Waals surface area (Å²) in [6.07, 6.45) is 4.41. The van der Waals surface area contributed by atoms with Crippen LogP contribution in [0, 0.1) is 13.8 Å². The zero-order valence-electron chi connectivity index (χ0n) is 19.9. The summed E-state index contributed by atoms with van der Waals surface area (Å²) in [5, 5.41) is 6.06. The first-order valence-corrected chi connectivity index (χ1v) is 11.8. The number of nitrogens with one attached hydrogen (secondary N) is 2. The van der Waals surface area contributed by atoms with Gasteiger partial charge in [-0.25, -0.2) is 4.79 Å². The third kappa shape index (κ3) is 3.50. The Kier molecular flexibility index (Phi) is 4.95. The number of hydrogen-bond donors (Lipinski definition) is 2. The van der Waals surface area contributed by atoms with Crippen LogP contribution in [0.5, 0.6) is 5.75 Å². The fourth-order valence-electron chi connectivity index (χ4n) is 5.36. The first-order valence-electron chi connectivity index (χ1n) is 11.8. The van der Waals surface area contributed by atoms with E-state index in [1.165, 1.54) is 5.56 Å². The molecule has 0 saturated heterocycles. The molecule has 7 heteroatoms. The highest BCUT2D eigenvalue weighted by molar-refractivity contribution is 5.96. The number of fused-ring (bicyclic) bond motifs is 5. The summed E-state index contributed by atoms with van der Waals surface area (Å²) >= 11 is 0. The van der Waals surface area contributed by atoms with E-state index < -0.39 is 5.63 Å². The minimum Gasteiger partial charge on any atom is -0.497 e. The monoisotopic (exact) mass is 470 g/mol. The number of hydrogen-bond acceptors (Lipinski definition) is 5. The summed E-state index contributed by atoms with van der Waals surface area (Å²) in [5.41, 5.74) is 6.08. The highest BCUT2D eigenvalue weighted by Gasteiger charge is 2.26. The Morgan fingerprint density at radius 1 is 1.14 bits per heavy atom. The molecule has 35 heavy (non-hydrogen) atoms. The average Bonchev–Trinajstić information content (AvgIpc) is 3.41. The molecule has 3 heterocycles. The van der Waals surface area contributed by atoms with E-state index >= 15 is 0 Å². The smallest absolute Gasteiger partial charge is 0.340 e. The number of H-pyrrole nitrogens is 1. The molecule has 0 aliphatic heterocycles. The van der Waals surface area contributed by atoms with E-state index in [4.69, 9.17) is 13.6 Å². The first kappa shape index (κ1) is 21.5. The van der Waals surface area contributed by atoms with Crippen molar-refractivity contribution in [1.82, 2.24) is 10.3 Å². The summed E-state index contributed by atoms with van der Waals surface area (Å²) in [6.45, 7) is 3.84. The van der Waals surface area contributed by atoms with Crippen LogP contribution in [-0.2, 0) is 17.6 Å². The molecule has 7 nitrogen and oxygen atoms in total. The number of aromatic amines is 1. The van der Waals surface area contributed by atoms with Crippen LogP contribution in [0.4, 0.5) is 0 Å². The summed E-state index contributed by atoms with van der Waals surface area (Å²) in [5.74, 6) is 0.612. The second-order valence-corrected chi connectivity index (χ2v) is 9.37. The summed E-state index contributed by atoms with van der Waals surface area (Å²) in [4.78, 5) is 29.4. The Morgan fingerprint density at radius 2 is 2.00 bits per heavy atom. The fraction of sp³-hybridized carbons (Fsp3) is 0.286. The van der Waals surface area contributed by atoms with E-state index in [9.17, 15) is 9.59 Å². The Bertz CT molecular complexity index is 1690. The van der Waals surface area contributed by atoms with Crippen molar-refractivity contribution in [2.75, 3.05) is 7.11 Å². The Morgan fingerprint density at radius 3 is 2.83 bits per heavy atom. The normalized spacial score (nSPS) is 15.6. The maximum absolute atomic E-state index is 13.1. The number of methoxy groups -OCH3 is 1. The van der Waals surface area contributed by atoms with Gasteiger partial charge >= 0.3 is 5.63 Å². The van der Waals surface area contributed by atoms with Crippen molar-refractivity contribution in [1.29, 1.82) is 0 Å². The van der Waals surface area contributed by atoms with Gasteiger partial charge in [-0.2, -0.15) is 0 Å². The highest BCUT2D eigenvalue weighted by Crippen LogP contribution is 2.36. The SMILES string of the molecule is COc1ccc2[nH]c3c(c2c1)CCC[C@H]3NC(=O)Cc1c(C)c2cc3c(C)coc3cc2oc1=O. The van der Waals surface area contributed by atoms with Gasteiger partial charge in [-0.1, -0.05) is 0 Å². The van der Waals surface area contributed by atoms with Gasteiger partial charge in [0.15, 0.2) is 0 Å². The Labute approximate surface area is 201 Å². The van der Waals surface area contributed by atoms with Crippen LogP contribution in [-0.4, -0.2) is 18.0 Å². The molecule has 1 aliphatic carbocycles. The van der Waals surface area contributed by atoms with Crippen molar-refractivity contribution in [3.63, 3.8) is 0 Å². The maximum Gasteiger partial charge on any atom is 0.340 e. The number of furan rings is 1. The van der Waals surface area contributed by atoms with Gasteiger partial charge in [-0.3, -0.25) is 4.79 Å². The van der Waals surface area contributed by atoms with Gasteiger partial charge in [0.1, 0.15) is 16.9 Å². The van der Waals surface area contributed by atoms with Gasteiger partial charge < -0.3 is 23.9 Å². The summed E-state index contributed by atoms with van der Waals surface area (Å²) in [6, 6.07) is 9.55. The predicted molar refractivity (Wildman–Crippen MR) is 134 cm³/mol. The highest BCUT2D eigenvalue weighted by atomic mass is 16.5. The molecule has 0 bridgehead atoms. The van der Waals surface area contributed by atoms with E-state index in [-0.39, 0.29) is 18.4 Å².